The first-order valence-electron chi connectivity index (χ1n) is 9.25. The lowest BCUT2D eigenvalue weighted by Crippen LogP contribution is -2.16. The number of fused-ring (bicyclic) bond motifs is 1. The molecule has 0 unspecified atom stereocenters. The molecule has 0 aliphatic carbocycles. The van der Waals surface area contributed by atoms with Crippen LogP contribution >= 0.6 is 27.5 Å². The van der Waals surface area contributed by atoms with Gasteiger partial charge in [0.25, 0.3) is 5.56 Å². The van der Waals surface area contributed by atoms with Crippen molar-refractivity contribution >= 4 is 45.2 Å². The number of ether oxygens (including phenoxy) is 1. The maximum atomic E-state index is 12.2. The number of pyridine rings is 1. The zero-order chi connectivity index (χ0) is 22.0. The number of carbonyl (C=O) groups excluding carboxylic acids is 1. The molecule has 3 heterocycles. The minimum atomic E-state index is -0.583. The number of rotatable bonds is 5. The standard InChI is InChI=1S/C22H16BrClN4O3/c1-14-18(22(24)28(26-14)17-5-3-2-4-6-17)8-10-21(30)31-13-16-11-20(29)27-12-15(23)7-9-19(27)25-16/h2-12H,13H2,1H3/b10-8+. The molecule has 0 aliphatic heterocycles. The van der Waals surface area contributed by atoms with Gasteiger partial charge in [-0.15, -0.1) is 0 Å². The van der Waals surface area contributed by atoms with Gasteiger partial charge in [0.15, 0.2) is 0 Å². The monoisotopic (exact) mass is 498 g/mol. The number of esters is 1. The Labute approximate surface area is 190 Å². The van der Waals surface area contributed by atoms with Gasteiger partial charge in [-0.05, 0) is 53.2 Å². The second-order valence-corrected chi connectivity index (χ2v) is 7.91. The molecule has 4 aromatic rings. The minimum absolute atomic E-state index is 0.124. The first kappa shape index (κ1) is 21.0. The predicted molar refractivity (Wildman–Crippen MR) is 121 cm³/mol. The lowest BCUT2D eigenvalue weighted by atomic mass is 10.2. The maximum Gasteiger partial charge on any atom is 0.331 e. The molecule has 4 rings (SSSR count). The third-order valence-electron chi connectivity index (χ3n) is 4.47. The van der Waals surface area contributed by atoms with E-state index in [-0.39, 0.29) is 12.2 Å². The Balaban J connectivity index is 1.47. The second kappa shape index (κ2) is 8.87. The van der Waals surface area contributed by atoms with Crippen LogP contribution in [0.5, 0.6) is 0 Å². The Morgan fingerprint density at radius 2 is 2.00 bits per heavy atom. The van der Waals surface area contributed by atoms with Crippen LogP contribution in [-0.4, -0.2) is 25.1 Å². The number of nitrogens with zero attached hydrogens (tertiary/aromatic N) is 4. The number of hydrogen-bond donors (Lipinski definition) is 0. The van der Waals surface area contributed by atoms with Crippen LogP contribution in [0.2, 0.25) is 5.15 Å². The Morgan fingerprint density at radius 3 is 2.77 bits per heavy atom. The fraction of sp³-hybridized carbons (Fsp3) is 0.0909. The van der Waals surface area contributed by atoms with Crippen LogP contribution in [0, 0.1) is 6.92 Å². The molecule has 0 radical (unpaired) electrons. The zero-order valence-electron chi connectivity index (χ0n) is 16.3. The number of aryl methyl sites for hydroxylation is 1. The second-order valence-electron chi connectivity index (χ2n) is 6.64. The molecule has 156 valence electrons. The molecule has 0 atom stereocenters. The first-order valence-corrected chi connectivity index (χ1v) is 10.4. The van der Waals surface area contributed by atoms with Crippen molar-refractivity contribution in [2.75, 3.05) is 0 Å². The third kappa shape index (κ3) is 4.60. The van der Waals surface area contributed by atoms with Gasteiger partial charge in [-0.1, -0.05) is 29.8 Å². The molecule has 0 saturated heterocycles. The van der Waals surface area contributed by atoms with Gasteiger partial charge in [0.1, 0.15) is 17.4 Å². The van der Waals surface area contributed by atoms with Crippen molar-refractivity contribution in [2.24, 2.45) is 0 Å². The molecule has 0 fully saturated rings. The zero-order valence-corrected chi connectivity index (χ0v) is 18.7. The summed E-state index contributed by atoms with van der Waals surface area (Å²) in [5.41, 5.74) is 2.68. The van der Waals surface area contributed by atoms with Gasteiger partial charge >= 0.3 is 5.97 Å². The van der Waals surface area contributed by atoms with E-state index in [9.17, 15) is 9.59 Å². The van der Waals surface area contributed by atoms with Crippen LogP contribution < -0.4 is 5.56 Å². The van der Waals surface area contributed by atoms with Crippen molar-refractivity contribution in [1.82, 2.24) is 19.2 Å². The van der Waals surface area contributed by atoms with Gasteiger partial charge in [-0.2, -0.15) is 5.10 Å². The number of para-hydroxylation sites is 1. The lowest BCUT2D eigenvalue weighted by molar-refractivity contribution is -0.139. The fourth-order valence-corrected chi connectivity index (χ4v) is 3.66. The Hall–Kier alpha value is -3.23. The highest BCUT2D eigenvalue weighted by Crippen LogP contribution is 2.24. The van der Waals surface area contributed by atoms with Crippen LogP contribution in [0.1, 0.15) is 17.0 Å². The smallest absolute Gasteiger partial charge is 0.331 e. The summed E-state index contributed by atoms with van der Waals surface area (Å²) in [5.74, 6) is -0.583. The average molecular weight is 500 g/mol. The van der Waals surface area contributed by atoms with Crippen LogP contribution in [-0.2, 0) is 16.1 Å². The highest BCUT2D eigenvalue weighted by Gasteiger charge is 2.13. The summed E-state index contributed by atoms with van der Waals surface area (Å²) in [4.78, 5) is 28.7. The van der Waals surface area contributed by atoms with Gasteiger partial charge < -0.3 is 4.74 Å². The molecule has 31 heavy (non-hydrogen) atoms. The summed E-state index contributed by atoms with van der Waals surface area (Å²) >= 11 is 9.77. The van der Waals surface area contributed by atoms with E-state index in [1.54, 1.807) is 36.0 Å². The Kier molecular flexibility index (Phi) is 6.01. The maximum absolute atomic E-state index is 12.2. The van der Waals surface area contributed by atoms with E-state index in [2.05, 4.69) is 26.0 Å². The van der Waals surface area contributed by atoms with Gasteiger partial charge in [0, 0.05) is 28.4 Å². The van der Waals surface area contributed by atoms with Gasteiger partial charge in [-0.3, -0.25) is 9.20 Å². The summed E-state index contributed by atoms with van der Waals surface area (Å²) in [5, 5.41) is 4.82. The quantitative estimate of drug-likeness (QED) is 0.301. The summed E-state index contributed by atoms with van der Waals surface area (Å²) in [7, 11) is 0. The minimum Gasteiger partial charge on any atom is -0.456 e. The van der Waals surface area contributed by atoms with Crippen LogP contribution in [0.4, 0.5) is 0 Å². The van der Waals surface area contributed by atoms with Crippen molar-refractivity contribution in [3.05, 3.63) is 97.7 Å². The SMILES string of the molecule is Cc1nn(-c2ccccc2)c(Cl)c1/C=C/C(=O)OCc1cc(=O)n2cc(Br)ccc2n1. The van der Waals surface area contributed by atoms with E-state index in [1.807, 2.05) is 30.3 Å². The molecule has 3 aromatic heterocycles. The van der Waals surface area contributed by atoms with Crippen LogP contribution in [0.3, 0.4) is 0 Å². The van der Waals surface area contributed by atoms with Gasteiger partial charge in [-0.25, -0.2) is 14.5 Å². The largest absolute Gasteiger partial charge is 0.456 e. The van der Waals surface area contributed by atoms with Crippen molar-refractivity contribution < 1.29 is 9.53 Å². The fourth-order valence-electron chi connectivity index (χ4n) is 2.99. The molecule has 9 heteroatoms. The van der Waals surface area contributed by atoms with E-state index in [0.717, 1.165) is 10.2 Å². The molecular formula is C22H16BrClN4O3. The lowest BCUT2D eigenvalue weighted by Gasteiger charge is -2.05. The van der Waals surface area contributed by atoms with E-state index >= 15 is 0 Å². The topological polar surface area (TPSA) is 78.5 Å². The molecule has 0 spiro atoms. The summed E-state index contributed by atoms with van der Waals surface area (Å²) in [6.07, 6.45) is 4.47. The Bertz CT molecular complexity index is 1360. The number of aromatic nitrogens is 4. The van der Waals surface area contributed by atoms with Gasteiger partial charge in [0.05, 0.1) is 17.1 Å². The highest BCUT2D eigenvalue weighted by atomic mass is 79.9. The third-order valence-corrected chi connectivity index (χ3v) is 5.31. The molecule has 0 bridgehead atoms. The molecule has 0 saturated carbocycles. The van der Waals surface area contributed by atoms with Crippen LogP contribution in [0.25, 0.3) is 17.4 Å². The molecule has 1 aromatic carbocycles. The Morgan fingerprint density at radius 1 is 1.23 bits per heavy atom. The highest BCUT2D eigenvalue weighted by molar-refractivity contribution is 9.10. The number of halogens is 2. The summed E-state index contributed by atoms with van der Waals surface area (Å²) < 4.78 is 9.01. The molecular weight excluding hydrogens is 484 g/mol. The van der Waals surface area contributed by atoms with Crippen LogP contribution in [0.15, 0.2) is 70.1 Å². The molecule has 0 amide bonds. The first-order chi connectivity index (χ1) is 14.9. The number of hydrogen-bond acceptors (Lipinski definition) is 5. The van der Waals surface area contributed by atoms with E-state index < -0.39 is 5.97 Å². The van der Waals surface area contributed by atoms with E-state index in [1.165, 1.54) is 16.5 Å². The van der Waals surface area contributed by atoms with Crippen molar-refractivity contribution in [2.45, 2.75) is 13.5 Å². The molecule has 7 nitrogen and oxygen atoms in total. The molecule has 0 aliphatic rings. The summed E-state index contributed by atoms with van der Waals surface area (Å²) in [6.45, 7) is 1.68. The number of benzene rings is 1. The number of carbonyl (C=O) groups is 1. The summed E-state index contributed by atoms with van der Waals surface area (Å²) in [6, 6.07) is 14.3. The van der Waals surface area contributed by atoms with Gasteiger partial charge in [0.2, 0.25) is 0 Å². The van der Waals surface area contributed by atoms with Crippen molar-refractivity contribution in [3.8, 4) is 5.69 Å². The van der Waals surface area contributed by atoms with Crippen molar-refractivity contribution in [3.63, 3.8) is 0 Å². The van der Waals surface area contributed by atoms with E-state index in [0.29, 0.717) is 27.8 Å². The normalized spacial score (nSPS) is 11.3. The molecule has 0 N–H and O–H groups in total. The van der Waals surface area contributed by atoms with E-state index in [4.69, 9.17) is 16.3 Å². The average Bonchev–Trinajstić information content (AvgIpc) is 3.05. The van der Waals surface area contributed by atoms with Crippen molar-refractivity contribution in [1.29, 1.82) is 0 Å². The predicted octanol–water partition coefficient (Wildman–Crippen LogP) is 4.36.